The average Bonchev–Trinajstić information content (AvgIpc) is 2.84. The Labute approximate surface area is 105 Å². The summed E-state index contributed by atoms with van der Waals surface area (Å²) in [5.41, 5.74) is 0. The fraction of sp³-hybridized carbons (Fsp3) is 0.214. The molecule has 1 N–H and O–H groups in total. The summed E-state index contributed by atoms with van der Waals surface area (Å²) in [6, 6.07) is 10.2. The van der Waals surface area contributed by atoms with Crippen molar-refractivity contribution in [3.63, 3.8) is 0 Å². The molecule has 1 aromatic carbocycles. The van der Waals surface area contributed by atoms with Gasteiger partial charge in [-0.1, -0.05) is 19.1 Å². The summed E-state index contributed by atoms with van der Waals surface area (Å²) >= 11 is 0. The highest BCUT2D eigenvalue weighted by Crippen LogP contribution is 2.25. The predicted molar refractivity (Wildman–Crippen MR) is 67.3 cm³/mol. The van der Waals surface area contributed by atoms with Crippen LogP contribution >= 0.6 is 0 Å². The third-order valence-electron chi connectivity index (χ3n) is 2.63. The summed E-state index contributed by atoms with van der Waals surface area (Å²) in [6.45, 7) is 2.35. The molecule has 0 amide bonds. The Balaban J connectivity index is 1.98. The average molecular weight is 245 g/mol. The minimum atomic E-state index is -0.356. The number of phenols is 1. The number of para-hydroxylation sites is 2. The van der Waals surface area contributed by atoms with Crippen LogP contribution in [0.2, 0.25) is 0 Å². The zero-order valence-corrected chi connectivity index (χ0v) is 10.1. The van der Waals surface area contributed by atoms with Crippen molar-refractivity contribution < 1.29 is 14.6 Å². The van der Waals surface area contributed by atoms with Gasteiger partial charge in [0.15, 0.2) is 11.5 Å². The zero-order valence-electron chi connectivity index (χ0n) is 10.1. The Morgan fingerprint density at radius 2 is 1.94 bits per heavy atom. The quantitative estimate of drug-likeness (QED) is 0.665. The van der Waals surface area contributed by atoms with E-state index in [-0.39, 0.29) is 23.4 Å². The maximum atomic E-state index is 11.8. The van der Waals surface area contributed by atoms with E-state index in [2.05, 4.69) is 0 Å². The fourth-order valence-corrected chi connectivity index (χ4v) is 1.64. The molecule has 1 atom stereocenters. The number of aromatic nitrogens is 1. The van der Waals surface area contributed by atoms with E-state index < -0.39 is 0 Å². The first-order chi connectivity index (χ1) is 8.66. The molecule has 94 valence electrons. The smallest absolute Gasteiger partial charge is 0.315 e. The summed E-state index contributed by atoms with van der Waals surface area (Å²) < 4.78 is 7.07. The molecule has 18 heavy (non-hydrogen) atoms. The van der Waals surface area contributed by atoms with Crippen LogP contribution in [0, 0.1) is 5.92 Å². The molecule has 0 spiro atoms. The van der Waals surface area contributed by atoms with Crippen LogP contribution < -0.4 is 4.74 Å². The van der Waals surface area contributed by atoms with Gasteiger partial charge in [0.25, 0.3) is 0 Å². The van der Waals surface area contributed by atoms with Crippen molar-refractivity contribution in [1.82, 2.24) is 4.57 Å². The highest BCUT2D eigenvalue weighted by atomic mass is 16.5. The molecule has 0 aliphatic rings. The number of aromatic hydroxyl groups is 1. The maximum Gasteiger partial charge on any atom is 0.315 e. The fourth-order valence-electron chi connectivity index (χ4n) is 1.64. The molecule has 0 fully saturated rings. The maximum absolute atomic E-state index is 11.8. The third kappa shape index (κ3) is 2.91. The van der Waals surface area contributed by atoms with Crippen molar-refractivity contribution in [2.45, 2.75) is 13.5 Å². The van der Waals surface area contributed by atoms with Crippen LogP contribution in [-0.4, -0.2) is 15.6 Å². The van der Waals surface area contributed by atoms with Gasteiger partial charge in [0.2, 0.25) is 0 Å². The summed E-state index contributed by atoms with van der Waals surface area (Å²) in [5, 5.41) is 9.52. The highest BCUT2D eigenvalue weighted by Gasteiger charge is 2.17. The Morgan fingerprint density at radius 3 is 2.61 bits per heavy atom. The van der Waals surface area contributed by atoms with Crippen LogP contribution in [-0.2, 0) is 11.3 Å². The van der Waals surface area contributed by atoms with Crippen LogP contribution in [0.25, 0.3) is 0 Å². The van der Waals surface area contributed by atoms with Crippen molar-refractivity contribution in [3.8, 4) is 11.5 Å². The lowest BCUT2D eigenvalue weighted by molar-refractivity contribution is -0.138. The van der Waals surface area contributed by atoms with Crippen molar-refractivity contribution in [2.75, 3.05) is 0 Å². The number of phenolic OH excluding ortho intramolecular Hbond substituents is 1. The van der Waals surface area contributed by atoms with Gasteiger partial charge < -0.3 is 14.4 Å². The third-order valence-corrected chi connectivity index (χ3v) is 2.63. The van der Waals surface area contributed by atoms with Crippen molar-refractivity contribution in [1.29, 1.82) is 0 Å². The number of esters is 1. The lowest BCUT2D eigenvalue weighted by Crippen LogP contribution is -2.22. The number of ether oxygens (including phenoxy) is 1. The van der Waals surface area contributed by atoms with E-state index in [4.69, 9.17) is 4.74 Å². The first-order valence-electron chi connectivity index (χ1n) is 5.77. The first-order valence-corrected chi connectivity index (χ1v) is 5.77. The monoisotopic (exact) mass is 245 g/mol. The van der Waals surface area contributed by atoms with Crippen LogP contribution in [0.15, 0.2) is 48.8 Å². The molecule has 0 aliphatic carbocycles. The Hall–Kier alpha value is -2.23. The number of carbonyl (C=O) groups excluding carboxylic acids is 1. The Kier molecular flexibility index (Phi) is 3.67. The molecule has 0 saturated carbocycles. The van der Waals surface area contributed by atoms with Crippen LogP contribution in [0.3, 0.4) is 0 Å². The van der Waals surface area contributed by atoms with E-state index in [1.165, 1.54) is 6.07 Å². The molecule has 4 nitrogen and oxygen atoms in total. The zero-order chi connectivity index (χ0) is 13.0. The van der Waals surface area contributed by atoms with E-state index in [0.717, 1.165) is 0 Å². The molecule has 4 heteroatoms. The van der Waals surface area contributed by atoms with Gasteiger partial charge >= 0.3 is 5.97 Å². The second-order valence-electron chi connectivity index (χ2n) is 4.17. The number of hydrogen-bond donors (Lipinski definition) is 1. The second-order valence-corrected chi connectivity index (χ2v) is 4.17. The van der Waals surface area contributed by atoms with Crippen LogP contribution in [0.5, 0.6) is 11.5 Å². The number of carbonyl (C=O) groups is 1. The lowest BCUT2D eigenvalue weighted by atomic mass is 10.2. The van der Waals surface area contributed by atoms with Gasteiger partial charge in [0.05, 0.1) is 5.92 Å². The molecule has 0 bridgehead atoms. The predicted octanol–water partition coefficient (Wildman–Crippen LogP) is 2.44. The summed E-state index contributed by atoms with van der Waals surface area (Å²) in [5.74, 6) is -0.469. The van der Waals surface area contributed by atoms with Gasteiger partial charge in [-0.3, -0.25) is 4.79 Å². The van der Waals surface area contributed by atoms with Crippen molar-refractivity contribution in [3.05, 3.63) is 48.8 Å². The topological polar surface area (TPSA) is 51.5 Å². The summed E-state index contributed by atoms with van der Waals surface area (Å²) in [7, 11) is 0. The summed E-state index contributed by atoms with van der Waals surface area (Å²) in [6.07, 6.45) is 3.79. The van der Waals surface area contributed by atoms with Gasteiger partial charge in [-0.05, 0) is 24.3 Å². The molecule has 0 saturated heterocycles. The molecular formula is C14H15NO3. The molecule has 2 aromatic rings. The van der Waals surface area contributed by atoms with Gasteiger partial charge in [0.1, 0.15) is 0 Å². The van der Waals surface area contributed by atoms with Crippen LogP contribution in [0.1, 0.15) is 6.92 Å². The van der Waals surface area contributed by atoms with Gasteiger partial charge in [-0.25, -0.2) is 0 Å². The number of rotatable bonds is 4. The highest BCUT2D eigenvalue weighted by molar-refractivity contribution is 5.75. The lowest BCUT2D eigenvalue weighted by Gasteiger charge is -2.12. The van der Waals surface area contributed by atoms with E-state index in [1.807, 2.05) is 29.1 Å². The van der Waals surface area contributed by atoms with E-state index in [0.29, 0.717) is 6.54 Å². The molecule has 0 aliphatic heterocycles. The Morgan fingerprint density at radius 1 is 1.28 bits per heavy atom. The molecular weight excluding hydrogens is 230 g/mol. The van der Waals surface area contributed by atoms with Gasteiger partial charge in [-0.15, -0.1) is 0 Å². The van der Waals surface area contributed by atoms with E-state index in [1.54, 1.807) is 25.1 Å². The standard InChI is InChI=1S/C14H15NO3/c1-11(10-15-8-4-5-9-15)14(17)18-13-7-3-2-6-12(13)16/h2-9,11,16H,10H2,1H3/t11-/m0/s1. The largest absolute Gasteiger partial charge is 0.504 e. The van der Waals surface area contributed by atoms with E-state index in [9.17, 15) is 9.90 Å². The van der Waals surface area contributed by atoms with Gasteiger partial charge in [0, 0.05) is 18.9 Å². The number of benzene rings is 1. The number of nitrogens with zero attached hydrogens (tertiary/aromatic N) is 1. The normalized spacial score (nSPS) is 12.1. The van der Waals surface area contributed by atoms with Crippen LogP contribution in [0.4, 0.5) is 0 Å². The molecule has 0 unspecified atom stereocenters. The van der Waals surface area contributed by atoms with Crippen molar-refractivity contribution in [2.24, 2.45) is 5.92 Å². The molecule has 2 rings (SSSR count). The van der Waals surface area contributed by atoms with Gasteiger partial charge in [-0.2, -0.15) is 0 Å². The SMILES string of the molecule is C[C@@H](Cn1cccc1)C(=O)Oc1ccccc1O. The minimum Gasteiger partial charge on any atom is -0.504 e. The number of hydrogen-bond acceptors (Lipinski definition) is 3. The molecule has 0 radical (unpaired) electrons. The molecule has 1 heterocycles. The molecule has 1 aromatic heterocycles. The van der Waals surface area contributed by atoms with Crippen molar-refractivity contribution >= 4 is 5.97 Å². The second kappa shape index (κ2) is 5.40. The van der Waals surface area contributed by atoms with E-state index >= 15 is 0 Å². The summed E-state index contributed by atoms with van der Waals surface area (Å²) in [4.78, 5) is 11.8. The Bertz CT molecular complexity index is 520. The minimum absolute atomic E-state index is 0.0287. The first kappa shape index (κ1) is 12.2.